The van der Waals surface area contributed by atoms with Crippen molar-refractivity contribution in [1.29, 1.82) is 5.26 Å². The van der Waals surface area contributed by atoms with Crippen molar-refractivity contribution in [2.45, 2.75) is 20.3 Å². The molecule has 34 heavy (non-hydrogen) atoms. The summed E-state index contributed by atoms with van der Waals surface area (Å²) in [6.45, 7) is 11.7. The lowest BCUT2D eigenvalue weighted by atomic mass is 9.92. The molecule has 0 fully saturated rings. The molecule has 4 N–H and O–H groups in total. The molecule has 0 aliphatic rings. The highest BCUT2D eigenvalue weighted by atomic mass is 14.7. The van der Waals surface area contributed by atoms with Crippen molar-refractivity contribution in [1.82, 2.24) is 0 Å². The normalized spacial score (nSPS) is 9.94. The summed E-state index contributed by atoms with van der Waals surface area (Å²) in [4.78, 5) is 3.46. The summed E-state index contributed by atoms with van der Waals surface area (Å²) in [5.74, 6) is 0. The fraction of sp³-hybridized carbons (Fsp3) is 0.133. The van der Waals surface area contributed by atoms with Crippen LogP contribution in [0.5, 0.6) is 0 Å². The minimum Gasteiger partial charge on any atom is -0.319 e. The number of hydrogen-bond donors (Lipinski definition) is 2. The van der Waals surface area contributed by atoms with Gasteiger partial charge in [0.05, 0.1) is 18.2 Å². The first kappa shape index (κ1) is 24.4. The van der Waals surface area contributed by atoms with E-state index in [9.17, 15) is 0 Å². The van der Waals surface area contributed by atoms with Crippen LogP contribution in [0.2, 0.25) is 0 Å². The fourth-order valence-corrected chi connectivity index (χ4v) is 3.82. The molecule has 0 spiro atoms. The van der Waals surface area contributed by atoms with E-state index in [4.69, 9.17) is 11.8 Å². The lowest BCUT2D eigenvalue weighted by Gasteiger charge is -2.12. The van der Waals surface area contributed by atoms with E-state index in [0.29, 0.717) is 11.3 Å². The van der Waals surface area contributed by atoms with Crippen LogP contribution in [0, 0.1) is 31.8 Å². The third-order valence-electron chi connectivity index (χ3n) is 5.74. The Bertz CT molecular complexity index is 1230. The van der Waals surface area contributed by atoms with Crippen LogP contribution < -0.4 is 11.5 Å². The zero-order chi connectivity index (χ0) is 24.5. The standard InChI is InChI=1S/C29H22N2.CH6N2/c1-20-16-27(23-6-4-22(19-30)5-7-23)10-8-25(20)18-26-9-11-28(17-21(26)2)24-12-14-29(31-3)15-13-24;2-1-3/h4-17H,18H2,1-2H3;1-3H2. The van der Waals surface area contributed by atoms with E-state index in [1.54, 1.807) is 0 Å². The number of benzene rings is 4. The number of nitrogens with two attached hydrogens (primary N) is 2. The van der Waals surface area contributed by atoms with E-state index in [1.165, 1.54) is 33.4 Å². The van der Waals surface area contributed by atoms with Crippen molar-refractivity contribution < 1.29 is 0 Å². The monoisotopic (exact) mass is 444 g/mol. The van der Waals surface area contributed by atoms with Crippen LogP contribution in [0.25, 0.3) is 27.1 Å². The molecular weight excluding hydrogens is 416 g/mol. The number of rotatable bonds is 4. The summed E-state index contributed by atoms with van der Waals surface area (Å²) in [6.07, 6.45) is 0.891. The quantitative estimate of drug-likeness (QED) is 0.278. The number of nitrogens with zero attached hydrogens (tertiary/aromatic N) is 2. The van der Waals surface area contributed by atoms with Crippen LogP contribution in [-0.4, -0.2) is 6.67 Å². The Morgan fingerprint density at radius 2 is 1.12 bits per heavy atom. The van der Waals surface area contributed by atoms with Gasteiger partial charge in [-0.05, 0) is 76.9 Å². The predicted molar refractivity (Wildman–Crippen MR) is 140 cm³/mol. The molecule has 0 bridgehead atoms. The van der Waals surface area contributed by atoms with Gasteiger partial charge in [-0.2, -0.15) is 5.26 Å². The number of hydrogen-bond acceptors (Lipinski definition) is 3. The van der Waals surface area contributed by atoms with Crippen molar-refractivity contribution >= 4 is 5.69 Å². The summed E-state index contributed by atoms with van der Waals surface area (Å²) < 4.78 is 0. The predicted octanol–water partition coefficient (Wildman–Crippen LogP) is 6.51. The molecule has 0 amide bonds. The largest absolute Gasteiger partial charge is 0.319 e. The second-order valence-electron chi connectivity index (χ2n) is 8.04. The van der Waals surface area contributed by atoms with Crippen LogP contribution in [-0.2, 0) is 6.42 Å². The van der Waals surface area contributed by atoms with Gasteiger partial charge in [0.25, 0.3) is 0 Å². The van der Waals surface area contributed by atoms with E-state index < -0.39 is 0 Å². The average Bonchev–Trinajstić information content (AvgIpc) is 2.87. The van der Waals surface area contributed by atoms with Gasteiger partial charge >= 0.3 is 0 Å². The maximum atomic E-state index is 8.98. The van der Waals surface area contributed by atoms with Crippen molar-refractivity contribution in [3.05, 3.63) is 124 Å². The third-order valence-corrected chi connectivity index (χ3v) is 5.74. The molecule has 0 atom stereocenters. The Hall–Kier alpha value is -4.22. The average molecular weight is 445 g/mol. The molecule has 0 aliphatic heterocycles. The Labute approximate surface area is 201 Å². The van der Waals surface area contributed by atoms with Crippen LogP contribution in [0.4, 0.5) is 5.69 Å². The van der Waals surface area contributed by atoms with Gasteiger partial charge in [-0.25, -0.2) is 4.85 Å². The van der Waals surface area contributed by atoms with Gasteiger partial charge in [0, 0.05) is 6.67 Å². The Morgan fingerprint density at radius 1 is 0.706 bits per heavy atom. The van der Waals surface area contributed by atoms with Gasteiger partial charge in [0.1, 0.15) is 0 Å². The van der Waals surface area contributed by atoms with Gasteiger partial charge in [-0.1, -0.05) is 72.8 Å². The summed E-state index contributed by atoms with van der Waals surface area (Å²) in [6, 6.07) is 30.8. The molecule has 0 saturated carbocycles. The molecule has 0 saturated heterocycles. The van der Waals surface area contributed by atoms with E-state index in [0.717, 1.165) is 17.5 Å². The molecule has 0 unspecified atom stereocenters. The summed E-state index contributed by atoms with van der Waals surface area (Å²) in [5.41, 5.74) is 20.3. The summed E-state index contributed by atoms with van der Waals surface area (Å²) in [7, 11) is 0. The number of nitriles is 1. The lowest BCUT2D eigenvalue weighted by molar-refractivity contribution is 1.07. The van der Waals surface area contributed by atoms with Crippen LogP contribution >= 0.6 is 0 Å². The van der Waals surface area contributed by atoms with E-state index >= 15 is 0 Å². The molecule has 0 aliphatic carbocycles. The fourth-order valence-electron chi connectivity index (χ4n) is 3.82. The molecule has 4 rings (SSSR count). The van der Waals surface area contributed by atoms with E-state index in [2.05, 4.69) is 72.6 Å². The van der Waals surface area contributed by atoms with Crippen molar-refractivity contribution in [2.75, 3.05) is 6.67 Å². The van der Waals surface area contributed by atoms with E-state index in [-0.39, 0.29) is 6.67 Å². The SMILES string of the molecule is NCN.[C-]#[N+]c1ccc(-c2ccc(Cc3ccc(-c4ccc(C#N)cc4)cc3C)c(C)c2)cc1. The first-order chi connectivity index (χ1) is 16.5. The molecule has 4 nitrogen and oxygen atoms in total. The highest BCUT2D eigenvalue weighted by Gasteiger charge is 2.07. The van der Waals surface area contributed by atoms with Crippen LogP contribution in [0.1, 0.15) is 27.8 Å². The first-order valence-corrected chi connectivity index (χ1v) is 11.1. The van der Waals surface area contributed by atoms with Crippen molar-refractivity contribution in [3.63, 3.8) is 0 Å². The minimum absolute atomic E-state index is 0.250. The second-order valence-corrected chi connectivity index (χ2v) is 8.04. The number of aryl methyl sites for hydroxylation is 2. The topological polar surface area (TPSA) is 80.2 Å². The minimum atomic E-state index is 0.250. The summed E-state index contributed by atoms with van der Waals surface area (Å²) in [5, 5.41) is 8.98. The highest BCUT2D eigenvalue weighted by molar-refractivity contribution is 5.68. The maximum absolute atomic E-state index is 8.98. The maximum Gasteiger partial charge on any atom is 0.187 e. The Balaban J connectivity index is 0.00000103. The third kappa shape index (κ3) is 5.97. The van der Waals surface area contributed by atoms with Gasteiger partial charge in [0.15, 0.2) is 5.69 Å². The Morgan fingerprint density at radius 3 is 1.50 bits per heavy atom. The van der Waals surface area contributed by atoms with Crippen LogP contribution in [0.3, 0.4) is 0 Å². The molecule has 0 heterocycles. The smallest absolute Gasteiger partial charge is 0.187 e. The van der Waals surface area contributed by atoms with Crippen molar-refractivity contribution in [2.24, 2.45) is 11.5 Å². The molecule has 0 aromatic heterocycles. The first-order valence-electron chi connectivity index (χ1n) is 11.1. The lowest BCUT2D eigenvalue weighted by Crippen LogP contribution is -2.08. The highest BCUT2D eigenvalue weighted by Crippen LogP contribution is 2.28. The molecule has 4 heteroatoms. The van der Waals surface area contributed by atoms with Crippen molar-refractivity contribution in [3.8, 4) is 28.3 Å². The summed E-state index contributed by atoms with van der Waals surface area (Å²) >= 11 is 0. The zero-order valence-electron chi connectivity index (χ0n) is 19.5. The van der Waals surface area contributed by atoms with Gasteiger partial charge in [-0.15, -0.1) is 0 Å². The molecule has 168 valence electrons. The van der Waals surface area contributed by atoms with Gasteiger partial charge < -0.3 is 11.5 Å². The second kappa shape index (κ2) is 11.6. The zero-order valence-corrected chi connectivity index (χ0v) is 19.5. The van der Waals surface area contributed by atoms with Gasteiger partial charge in [-0.3, -0.25) is 0 Å². The molecule has 4 aromatic rings. The Kier molecular flexibility index (Phi) is 8.32. The van der Waals surface area contributed by atoms with Crippen LogP contribution in [0.15, 0.2) is 84.9 Å². The van der Waals surface area contributed by atoms with Gasteiger partial charge in [0.2, 0.25) is 0 Å². The molecule has 4 aromatic carbocycles. The van der Waals surface area contributed by atoms with E-state index in [1.807, 2.05) is 48.5 Å². The molecule has 0 radical (unpaired) electrons. The molecular formula is C30H28N4.